The van der Waals surface area contributed by atoms with Gasteiger partial charge in [0.2, 0.25) is 5.91 Å². The largest absolute Gasteiger partial charge is 0.366 e. The van der Waals surface area contributed by atoms with Gasteiger partial charge in [0, 0.05) is 14.1 Å². The third kappa shape index (κ3) is 4.01. The van der Waals surface area contributed by atoms with Gasteiger partial charge < -0.3 is 15.5 Å². The molecule has 0 bridgehead atoms. The van der Waals surface area contributed by atoms with E-state index in [0.717, 1.165) is 0 Å². The van der Waals surface area contributed by atoms with Crippen molar-refractivity contribution in [3.05, 3.63) is 28.2 Å². The minimum atomic E-state index is -0.245. The van der Waals surface area contributed by atoms with Crippen molar-refractivity contribution in [2.45, 2.75) is 0 Å². The summed E-state index contributed by atoms with van der Waals surface area (Å²) in [4.78, 5) is 13.4. The highest BCUT2D eigenvalue weighted by molar-refractivity contribution is 7.80. The Labute approximate surface area is 121 Å². The standard InChI is InChI=1S/C11H13Cl2N3OS/c1-14-11(18)16(2)6-9(17)15-10-7(12)4-3-5-8(10)13/h3-5H,6H2,1-2H3,(H,14,18)(H,15,17). The predicted octanol–water partition coefficient (Wildman–Crippen LogP) is 2.37. The number of benzene rings is 1. The summed E-state index contributed by atoms with van der Waals surface area (Å²) in [5.41, 5.74) is 0.412. The van der Waals surface area contributed by atoms with Gasteiger partial charge in [-0.2, -0.15) is 0 Å². The van der Waals surface area contributed by atoms with Crippen LogP contribution in [0.4, 0.5) is 5.69 Å². The summed E-state index contributed by atoms with van der Waals surface area (Å²) in [5, 5.41) is 6.72. The Bertz CT molecular complexity index is 447. The van der Waals surface area contributed by atoms with Crippen LogP contribution >= 0.6 is 35.4 Å². The molecule has 0 aromatic heterocycles. The molecular weight excluding hydrogens is 293 g/mol. The van der Waals surface area contributed by atoms with Crippen molar-refractivity contribution in [3.8, 4) is 0 Å². The summed E-state index contributed by atoms with van der Waals surface area (Å²) in [6.07, 6.45) is 0. The Morgan fingerprint density at radius 3 is 2.44 bits per heavy atom. The summed E-state index contributed by atoms with van der Waals surface area (Å²) in [5.74, 6) is -0.245. The average Bonchev–Trinajstić information content (AvgIpc) is 2.32. The number of thiocarbonyl (C=S) groups is 1. The first-order valence-electron chi connectivity index (χ1n) is 5.12. The molecule has 0 heterocycles. The highest BCUT2D eigenvalue weighted by Crippen LogP contribution is 2.29. The summed E-state index contributed by atoms with van der Waals surface area (Å²) >= 11 is 16.9. The number of rotatable bonds is 3. The molecule has 1 amide bonds. The number of anilines is 1. The van der Waals surface area contributed by atoms with E-state index in [1.165, 1.54) is 0 Å². The average molecular weight is 306 g/mol. The monoisotopic (exact) mass is 305 g/mol. The zero-order valence-electron chi connectivity index (χ0n) is 9.96. The number of nitrogens with one attached hydrogen (secondary N) is 2. The zero-order chi connectivity index (χ0) is 13.7. The third-order valence-electron chi connectivity index (χ3n) is 2.17. The Hall–Kier alpha value is -1.04. The Morgan fingerprint density at radius 1 is 1.39 bits per heavy atom. The summed E-state index contributed by atoms with van der Waals surface area (Å²) in [6, 6.07) is 5.03. The first kappa shape index (κ1) is 15.0. The second kappa shape index (κ2) is 6.78. The van der Waals surface area contributed by atoms with E-state index in [1.54, 1.807) is 37.2 Å². The van der Waals surface area contributed by atoms with Crippen molar-refractivity contribution in [1.82, 2.24) is 10.2 Å². The number of halogens is 2. The molecular formula is C11H13Cl2N3OS. The maximum atomic E-state index is 11.8. The lowest BCUT2D eigenvalue weighted by Crippen LogP contribution is -2.39. The van der Waals surface area contributed by atoms with Gasteiger partial charge in [0.1, 0.15) is 0 Å². The number of hydrogen-bond donors (Lipinski definition) is 2. The molecule has 2 N–H and O–H groups in total. The molecule has 0 aliphatic heterocycles. The molecule has 0 atom stereocenters. The van der Waals surface area contributed by atoms with Gasteiger partial charge in [0.05, 0.1) is 22.3 Å². The normalized spacial score (nSPS) is 9.78. The van der Waals surface area contributed by atoms with Gasteiger partial charge in [-0.1, -0.05) is 29.3 Å². The molecule has 0 fully saturated rings. The van der Waals surface area contributed by atoms with Crippen LogP contribution in [0.5, 0.6) is 0 Å². The van der Waals surface area contributed by atoms with E-state index in [4.69, 9.17) is 35.4 Å². The number of carbonyl (C=O) groups excluding carboxylic acids is 1. The van der Waals surface area contributed by atoms with Crippen LogP contribution in [0, 0.1) is 0 Å². The van der Waals surface area contributed by atoms with Crippen LogP contribution in [-0.4, -0.2) is 36.6 Å². The van der Waals surface area contributed by atoms with Crippen LogP contribution in [0.25, 0.3) is 0 Å². The molecule has 0 aliphatic carbocycles. The predicted molar refractivity (Wildman–Crippen MR) is 79.4 cm³/mol. The van der Waals surface area contributed by atoms with Gasteiger partial charge in [0.25, 0.3) is 0 Å². The molecule has 1 aromatic rings. The lowest BCUT2D eigenvalue weighted by atomic mass is 10.3. The Kier molecular flexibility index (Phi) is 5.65. The van der Waals surface area contributed by atoms with Crippen LogP contribution in [0.2, 0.25) is 10.0 Å². The van der Waals surface area contributed by atoms with Crippen molar-refractivity contribution in [1.29, 1.82) is 0 Å². The molecule has 4 nitrogen and oxygen atoms in total. The van der Waals surface area contributed by atoms with E-state index in [2.05, 4.69) is 10.6 Å². The van der Waals surface area contributed by atoms with Crippen molar-refractivity contribution < 1.29 is 4.79 Å². The smallest absolute Gasteiger partial charge is 0.244 e. The number of para-hydroxylation sites is 1. The number of amides is 1. The van der Waals surface area contributed by atoms with E-state index in [9.17, 15) is 4.79 Å². The topological polar surface area (TPSA) is 44.4 Å². The molecule has 0 radical (unpaired) electrons. The second-order valence-electron chi connectivity index (χ2n) is 3.56. The van der Waals surface area contributed by atoms with Gasteiger partial charge in [-0.05, 0) is 24.4 Å². The van der Waals surface area contributed by atoms with Gasteiger partial charge in [-0.15, -0.1) is 0 Å². The van der Waals surface area contributed by atoms with Crippen LogP contribution in [0.3, 0.4) is 0 Å². The third-order valence-corrected chi connectivity index (χ3v) is 3.31. The second-order valence-corrected chi connectivity index (χ2v) is 4.76. The summed E-state index contributed by atoms with van der Waals surface area (Å²) in [7, 11) is 3.41. The van der Waals surface area contributed by atoms with Gasteiger partial charge >= 0.3 is 0 Å². The number of hydrogen-bond acceptors (Lipinski definition) is 2. The molecule has 7 heteroatoms. The maximum Gasteiger partial charge on any atom is 0.244 e. The van der Waals surface area contributed by atoms with E-state index in [0.29, 0.717) is 20.8 Å². The van der Waals surface area contributed by atoms with Crippen molar-refractivity contribution >= 4 is 52.1 Å². The minimum Gasteiger partial charge on any atom is -0.366 e. The van der Waals surface area contributed by atoms with Gasteiger partial charge in [-0.3, -0.25) is 4.79 Å². The lowest BCUT2D eigenvalue weighted by Gasteiger charge is -2.19. The van der Waals surface area contributed by atoms with Crippen LogP contribution < -0.4 is 10.6 Å². The maximum absolute atomic E-state index is 11.8. The SMILES string of the molecule is CNC(=S)N(C)CC(=O)Nc1c(Cl)cccc1Cl. The van der Waals surface area contributed by atoms with Gasteiger partial charge in [0.15, 0.2) is 5.11 Å². The fourth-order valence-corrected chi connectivity index (χ4v) is 1.83. The van der Waals surface area contributed by atoms with Gasteiger partial charge in [-0.25, -0.2) is 0 Å². The first-order valence-corrected chi connectivity index (χ1v) is 6.29. The number of likely N-dealkylation sites (N-methyl/N-ethyl adjacent to an activating group) is 1. The number of carbonyl (C=O) groups is 1. The Balaban J connectivity index is 2.68. The molecule has 0 saturated carbocycles. The molecule has 1 aromatic carbocycles. The number of nitrogens with zero attached hydrogens (tertiary/aromatic N) is 1. The Morgan fingerprint density at radius 2 is 1.94 bits per heavy atom. The van der Waals surface area contributed by atoms with Crippen molar-refractivity contribution in [3.63, 3.8) is 0 Å². The molecule has 0 spiro atoms. The highest BCUT2D eigenvalue weighted by atomic mass is 35.5. The minimum absolute atomic E-state index is 0.112. The summed E-state index contributed by atoms with van der Waals surface area (Å²) < 4.78 is 0. The zero-order valence-corrected chi connectivity index (χ0v) is 12.3. The van der Waals surface area contributed by atoms with Crippen LogP contribution in [-0.2, 0) is 4.79 Å². The van der Waals surface area contributed by atoms with E-state index in [-0.39, 0.29) is 12.5 Å². The molecule has 0 unspecified atom stereocenters. The van der Waals surface area contributed by atoms with Crippen LogP contribution in [0.1, 0.15) is 0 Å². The van der Waals surface area contributed by atoms with E-state index >= 15 is 0 Å². The molecule has 0 saturated heterocycles. The highest BCUT2D eigenvalue weighted by Gasteiger charge is 2.12. The fourth-order valence-electron chi connectivity index (χ4n) is 1.27. The molecule has 1 rings (SSSR count). The van der Waals surface area contributed by atoms with E-state index in [1.807, 2.05) is 0 Å². The molecule has 98 valence electrons. The van der Waals surface area contributed by atoms with Crippen LogP contribution in [0.15, 0.2) is 18.2 Å². The van der Waals surface area contributed by atoms with Crippen molar-refractivity contribution in [2.24, 2.45) is 0 Å². The first-order chi connectivity index (χ1) is 8.45. The fraction of sp³-hybridized carbons (Fsp3) is 0.273. The summed E-state index contributed by atoms with van der Waals surface area (Å²) in [6.45, 7) is 0.112. The van der Waals surface area contributed by atoms with E-state index < -0.39 is 0 Å². The lowest BCUT2D eigenvalue weighted by molar-refractivity contribution is -0.116. The van der Waals surface area contributed by atoms with Crippen molar-refractivity contribution in [2.75, 3.05) is 26.0 Å². The molecule has 0 aliphatic rings. The quantitative estimate of drug-likeness (QED) is 0.842. The molecule has 18 heavy (non-hydrogen) atoms.